The Hall–Kier alpha value is -2.33. The van der Waals surface area contributed by atoms with Crippen molar-refractivity contribution in [2.45, 2.75) is 38.5 Å². The number of carbonyl (C=O) groups excluding carboxylic acids is 1. The molecule has 4 nitrogen and oxygen atoms in total. The van der Waals surface area contributed by atoms with Gasteiger partial charge in [-0.1, -0.05) is 36.4 Å². The normalized spacial score (nSPS) is 23.9. The number of hydrogen-bond donors (Lipinski definition) is 1. The standard InChI is InChI=1S/C25H32N2O2/c1-27(16-13-21(14-17-27)19-20-7-3-2-4-8-20)15-6-18-29-24-10-5-9-23-22(24)11-12-25(28)26-23/h2-5,7-10,21H,6,11-19H2,1H3/p+1. The van der Waals surface area contributed by atoms with Crippen LogP contribution in [0.4, 0.5) is 5.69 Å². The summed E-state index contributed by atoms with van der Waals surface area (Å²) >= 11 is 0. The molecule has 0 saturated carbocycles. The van der Waals surface area contributed by atoms with Crippen molar-refractivity contribution in [1.82, 2.24) is 0 Å². The second kappa shape index (κ2) is 9.00. The van der Waals surface area contributed by atoms with Gasteiger partial charge in [-0.05, 0) is 49.3 Å². The number of piperidine rings is 1. The number of amides is 1. The van der Waals surface area contributed by atoms with E-state index in [1.807, 2.05) is 18.2 Å². The Balaban J connectivity index is 1.21. The lowest BCUT2D eigenvalue weighted by molar-refractivity contribution is -0.915. The minimum Gasteiger partial charge on any atom is -0.493 e. The fourth-order valence-electron chi connectivity index (χ4n) is 4.78. The molecule has 4 heteroatoms. The molecule has 0 radical (unpaired) electrons. The van der Waals surface area contributed by atoms with Gasteiger partial charge in [-0.15, -0.1) is 0 Å². The van der Waals surface area contributed by atoms with E-state index in [4.69, 9.17) is 4.74 Å². The van der Waals surface area contributed by atoms with E-state index in [0.717, 1.165) is 46.8 Å². The van der Waals surface area contributed by atoms with Gasteiger partial charge in [0.25, 0.3) is 0 Å². The van der Waals surface area contributed by atoms with Gasteiger partial charge in [-0.2, -0.15) is 0 Å². The first-order valence-electron chi connectivity index (χ1n) is 11.0. The fraction of sp³-hybridized carbons (Fsp3) is 0.480. The van der Waals surface area contributed by atoms with Crippen LogP contribution < -0.4 is 10.1 Å². The summed E-state index contributed by atoms with van der Waals surface area (Å²) < 4.78 is 7.28. The monoisotopic (exact) mass is 393 g/mol. The van der Waals surface area contributed by atoms with Gasteiger partial charge in [0.05, 0.1) is 33.3 Å². The van der Waals surface area contributed by atoms with Crippen molar-refractivity contribution >= 4 is 11.6 Å². The van der Waals surface area contributed by atoms with Crippen LogP contribution in [0.25, 0.3) is 0 Å². The topological polar surface area (TPSA) is 38.3 Å². The Bertz CT molecular complexity index is 826. The number of likely N-dealkylation sites (tertiary alicyclic amines) is 1. The zero-order valence-corrected chi connectivity index (χ0v) is 17.5. The van der Waals surface area contributed by atoms with E-state index in [1.54, 1.807) is 0 Å². The Labute approximate surface area is 174 Å². The quantitative estimate of drug-likeness (QED) is 0.558. The highest BCUT2D eigenvalue weighted by Crippen LogP contribution is 2.31. The molecule has 0 aromatic heterocycles. The number of quaternary nitrogens is 1. The molecule has 1 N–H and O–H groups in total. The van der Waals surface area contributed by atoms with Crippen molar-refractivity contribution in [1.29, 1.82) is 0 Å². The van der Waals surface area contributed by atoms with Crippen LogP contribution >= 0.6 is 0 Å². The number of hydrogen-bond acceptors (Lipinski definition) is 2. The molecule has 4 rings (SSSR count). The van der Waals surface area contributed by atoms with Crippen LogP contribution in [0.5, 0.6) is 5.75 Å². The lowest BCUT2D eigenvalue weighted by Crippen LogP contribution is -2.50. The zero-order valence-electron chi connectivity index (χ0n) is 17.5. The average molecular weight is 394 g/mol. The Morgan fingerprint density at radius 3 is 2.62 bits per heavy atom. The number of carbonyl (C=O) groups is 1. The Morgan fingerprint density at radius 1 is 1.03 bits per heavy atom. The maximum Gasteiger partial charge on any atom is 0.224 e. The van der Waals surface area contributed by atoms with Gasteiger partial charge in [0.15, 0.2) is 0 Å². The summed E-state index contributed by atoms with van der Waals surface area (Å²) in [5, 5.41) is 2.95. The molecule has 2 aromatic carbocycles. The SMILES string of the molecule is C[N+]1(CCCOc2cccc3c2CCC(=O)N3)CCC(Cc2ccccc2)CC1. The predicted octanol–water partition coefficient (Wildman–Crippen LogP) is 4.44. The van der Waals surface area contributed by atoms with Crippen LogP contribution in [0.2, 0.25) is 0 Å². The summed E-state index contributed by atoms with van der Waals surface area (Å²) in [6, 6.07) is 16.9. The van der Waals surface area contributed by atoms with Crippen LogP contribution in [0, 0.1) is 5.92 Å². The summed E-state index contributed by atoms with van der Waals surface area (Å²) in [4.78, 5) is 11.6. The van der Waals surface area contributed by atoms with Gasteiger partial charge >= 0.3 is 0 Å². The second-order valence-corrected chi connectivity index (χ2v) is 8.96. The molecule has 0 unspecified atom stereocenters. The second-order valence-electron chi connectivity index (χ2n) is 8.96. The first kappa shape index (κ1) is 20.0. The molecular weight excluding hydrogens is 360 g/mol. The minimum atomic E-state index is 0.0998. The minimum absolute atomic E-state index is 0.0998. The molecular formula is C25H33N2O2+. The molecule has 2 aromatic rings. The molecule has 1 amide bonds. The van der Waals surface area contributed by atoms with Gasteiger partial charge < -0.3 is 14.5 Å². The van der Waals surface area contributed by atoms with Crippen molar-refractivity contribution < 1.29 is 14.0 Å². The summed E-state index contributed by atoms with van der Waals surface area (Å²) in [7, 11) is 2.40. The lowest BCUT2D eigenvalue weighted by Gasteiger charge is -2.40. The molecule has 154 valence electrons. The largest absolute Gasteiger partial charge is 0.493 e. The molecule has 0 aliphatic carbocycles. The van der Waals surface area contributed by atoms with E-state index < -0.39 is 0 Å². The molecule has 0 spiro atoms. The number of anilines is 1. The van der Waals surface area contributed by atoms with E-state index in [9.17, 15) is 4.79 Å². The highest BCUT2D eigenvalue weighted by atomic mass is 16.5. The molecule has 0 bridgehead atoms. The lowest BCUT2D eigenvalue weighted by atomic mass is 9.89. The van der Waals surface area contributed by atoms with E-state index in [2.05, 4.69) is 42.7 Å². The van der Waals surface area contributed by atoms with Crippen molar-refractivity contribution in [3.05, 3.63) is 59.7 Å². The number of nitrogens with one attached hydrogen (secondary N) is 1. The number of rotatable bonds is 7. The first-order valence-corrected chi connectivity index (χ1v) is 11.0. The highest BCUT2D eigenvalue weighted by Gasteiger charge is 2.29. The molecule has 1 saturated heterocycles. The predicted molar refractivity (Wildman–Crippen MR) is 117 cm³/mol. The maximum atomic E-state index is 11.6. The summed E-state index contributed by atoms with van der Waals surface area (Å²) in [6.07, 6.45) is 6.24. The van der Waals surface area contributed by atoms with Crippen molar-refractivity contribution in [3.63, 3.8) is 0 Å². The molecule has 2 heterocycles. The van der Waals surface area contributed by atoms with Crippen LogP contribution in [-0.4, -0.2) is 43.7 Å². The van der Waals surface area contributed by atoms with Crippen LogP contribution in [0.15, 0.2) is 48.5 Å². The van der Waals surface area contributed by atoms with Crippen molar-refractivity contribution in [2.24, 2.45) is 5.92 Å². The third-order valence-corrected chi connectivity index (χ3v) is 6.63. The summed E-state index contributed by atoms with van der Waals surface area (Å²) in [5.74, 6) is 1.86. The van der Waals surface area contributed by atoms with Gasteiger partial charge in [-0.3, -0.25) is 4.79 Å². The molecule has 2 aliphatic rings. The highest BCUT2D eigenvalue weighted by molar-refractivity contribution is 5.94. The van der Waals surface area contributed by atoms with Crippen LogP contribution in [0.1, 0.15) is 36.8 Å². The molecule has 2 aliphatic heterocycles. The number of ether oxygens (including phenoxy) is 1. The smallest absolute Gasteiger partial charge is 0.224 e. The van der Waals surface area contributed by atoms with Gasteiger partial charge in [0.1, 0.15) is 5.75 Å². The van der Waals surface area contributed by atoms with E-state index >= 15 is 0 Å². The van der Waals surface area contributed by atoms with Crippen LogP contribution in [-0.2, 0) is 17.6 Å². The first-order chi connectivity index (χ1) is 14.1. The number of fused-ring (bicyclic) bond motifs is 1. The molecule has 0 atom stereocenters. The maximum absolute atomic E-state index is 11.6. The summed E-state index contributed by atoms with van der Waals surface area (Å²) in [6.45, 7) is 4.45. The Morgan fingerprint density at radius 2 is 1.83 bits per heavy atom. The molecule has 29 heavy (non-hydrogen) atoms. The van der Waals surface area contributed by atoms with Gasteiger partial charge in [0.2, 0.25) is 5.91 Å². The van der Waals surface area contributed by atoms with E-state index in [-0.39, 0.29) is 5.91 Å². The van der Waals surface area contributed by atoms with E-state index in [1.165, 1.54) is 44.5 Å². The third-order valence-electron chi connectivity index (χ3n) is 6.63. The summed E-state index contributed by atoms with van der Waals surface area (Å²) in [5.41, 5.74) is 3.54. The number of benzene rings is 2. The van der Waals surface area contributed by atoms with Gasteiger partial charge in [0, 0.05) is 24.1 Å². The van der Waals surface area contributed by atoms with Crippen LogP contribution in [0.3, 0.4) is 0 Å². The van der Waals surface area contributed by atoms with Crippen molar-refractivity contribution in [2.75, 3.05) is 38.6 Å². The number of nitrogens with zero attached hydrogens (tertiary/aromatic N) is 1. The third kappa shape index (κ3) is 5.18. The average Bonchev–Trinajstić information content (AvgIpc) is 2.74. The van der Waals surface area contributed by atoms with Gasteiger partial charge in [-0.25, -0.2) is 0 Å². The Kier molecular flexibility index (Phi) is 6.19. The van der Waals surface area contributed by atoms with Crippen molar-refractivity contribution in [3.8, 4) is 5.75 Å². The molecule has 1 fully saturated rings. The fourth-order valence-corrected chi connectivity index (χ4v) is 4.78. The van der Waals surface area contributed by atoms with E-state index in [0.29, 0.717) is 6.42 Å². The zero-order chi connectivity index (χ0) is 20.1.